The number of hydrogen-bond acceptors (Lipinski definition) is 3. The lowest BCUT2D eigenvalue weighted by molar-refractivity contribution is -0.136. The first kappa shape index (κ1) is 17.4. The molecule has 3 rings (SSSR count). The molecule has 2 saturated heterocycles. The second-order valence-corrected chi connectivity index (χ2v) is 7.61. The van der Waals surface area contributed by atoms with E-state index < -0.39 is 0 Å². The first-order valence-electron chi connectivity index (χ1n) is 8.84. The molecule has 0 aromatic carbocycles. The molecule has 2 fully saturated rings. The van der Waals surface area contributed by atoms with Crippen LogP contribution in [0.4, 0.5) is 0 Å². The highest BCUT2D eigenvalue weighted by atomic mass is 79.9. The zero-order valence-electron chi connectivity index (χ0n) is 13.9. The molecule has 3 heterocycles. The van der Waals surface area contributed by atoms with Gasteiger partial charge in [0.05, 0.1) is 5.56 Å². The van der Waals surface area contributed by atoms with Gasteiger partial charge in [-0.25, -0.2) is 0 Å². The predicted octanol–water partition coefficient (Wildman–Crippen LogP) is 3.10. The van der Waals surface area contributed by atoms with Gasteiger partial charge in [0, 0.05) is 49.0 Å². The van der Waals surface area contributed by atoms with Crippen molar-refractivity contribution in [1.29, 1.82) is 0 Å². The number of piperidine rings is 1. The van der Waals surface area contributed by atoms with Gasteiger partial charge in [-0.1, -0.05) is 12.8 Å². The molecule has 0 N–H and O–H groups in total. The van der Waals surface area contributed by atoms with Crippen LogP contribution in [0.25, 0.3) is 0 Å². The van der Waals surface area contributed by atoms with Gasteiger partial charge in [0.1, 0.15) is 0 Å². The number of carbonyl (C=O) groups excluding carboxylic acids is 2. The average molecular weight is 394 g/mol. The van der Waals surface area contributed by atoms with Crippen LogP contribution in [0, 0.1) is 5.92 Å². The van der Waals surface area contributed by atoms with Crippen LogP contribution in [-0.2, 0) is 4.79 Å². The molecule has 0 saturated carbocycles. The van der Waals surface area contributed by atoms with E-state index >= 15 is 0 Å². The summed E-state index contributed by atoms with van der Waals surface area (Å²) in [7, 11) is 0. The number of carbonyl (C=O) groups is 2. The number of halogens is 1. The van der Waals surface area contributed by atoms with Crippen molar-refractivity contribution in [2.24, 2.45) is 5.92 Å². The van der Waals surface area contributed by atoms with Crippen LogP contribution >= 0.6 is 15.9 Å². The SMILES string of the molecule is O=C(c1cncc(Br)c1)N1CCC(C(=O)N2CCCCCC2)CC1. The van der Waals surface area contributed by atoms with Gasteiger partial charge in [0.25, 0.3) is 5.91 Å². The number of amides is 2. The van der Waals surface area contributed by atoms with E-state index in [-0.39, 0.29) is 11.8 Å². The van der Waals surface area contributed by atoms with Crippen LogP contribution in [-0.4, -0.2) is 52.8 Å². The molecule has 1 aromatic rings. The summed E-state index contributed by atoms with van der Waals surface area (Å²) in [5.41, 5.74) is 0.599. The lowest BCUT2D eigenvalue weighted by Crippen LogP contribution is -2.44. The molecule has 6 heteroatoms. The molecule has 130 valence electrons. The molecule has 0 radical (unpaired) electrons. The van der Waals surface area contributed by atoms with E-state index in [1.165, 1.54) is 12.8 Å². The molecular weight excluding hydrogens is 370 g/mol. The summed E-state index contributed by atoms with van der Waals surface area (Å²) in [6, 6.07) is 1.80. The minimum Gasteiger partial charge on any atom is -0.342 e. The average Bonchev–Trinajstić information content (AvgIpc) is 2.90. The Labute approximate surface area is 151 Å². The Morgan fingerprint density at radius 1 is 0.958 bits per heavy atom. The van der Waals surface area contributed by atoms with Crippen LogP contribution in [0.3, 0.4) is 0 Å². The molecule has 2 amide bonds. The van der Waals surface area contributed by atoms with E-state index in [1.807, 2.05) is 9.80 Å². The second kappa shape index (κ2) is 8.10. The Kier molecular flexibility index (Phi) is 5.87. The minimum atomic E-state index is 0.00414. The van der Waals surface area contributed by atoms with Crippen molar-refractivity contribution in [3.63, 3.8) is 0 Å². The van der Waals surface area contributed by atoms with Crippen molar-refractivity contribution in [1.82, 2.24) is 14.8 Å². The zero-order chi connectivity index (χ0) is 16.9. The molecule has 0 bridgehead atoms. The maximum atomic E-state index is 12.7. The monoisotopic (exact) mass is 393 g/mol. The Morgan fingerprint density at radius 2 is 1.62 bits per heavy atom. The summed E-state index contributed by atoms with van der Waals surface area (Å²) in [6.07, 6.45) is 9.52. The highest BCUT2D eigenvalue weighted by Crippen LogP contribution is 2.23. The fourth-order valence-electron chi connectivity index (χ4n) is 3.59. The standard InChI is InChI=1S/C18H24BrN3O2/c19-16-11-15(12-20-13-16)18(24)22-9-5-14(6-10-22)17(23)21-7-3-1-2-4-8-21/h11-14H,1-10H2. The second-order valence-electron chi connectivity index (χ2n) is 6.70. The van der Waals surface area contributed by atoms with E-state index in [4.69, 9.17) is 0 Å². The molecule has 1 aromatic heterocycles. The summed E-state index contributed by atoms with van der Waals surface area (Å²) in [5.74, 6) is 0.380. The van der Waals surface area contributed by atoms with Gasteiger partial charge in [-0.15, -0.1) is 0 Å². The van der Waals surface area contributed by atoms with Crippen molar-refractivity contribution in [2.45, 2.75) is 38.5 Å². The van der Waals surface area contributed by atoms with Gasteiger partial charge in [-0.2, -0.15) is 0 Å². The highest BCUT2D eigenvalue weighted by Gasteiger charge is 2.30. The summed E-state index contributed by atoms with van der Waals surface area (Å²) < 4.78 is 0.805. The summed E-state index contributed by atoms with van der Waals surface area (Å²) in [5, 5.41) is 0. The quantitative estimate of drug-likeness (QED) is 0.775. The maximum absolute atomic E-state index is 12.7. The van der Waals surface area contributed by atoms with E-state index in [0.717, 1.165) is 43.2 Å². The van der Waals surface area contributed by atoms with Gasteiger partial charge in [0.2, 0.25) is 5.91 Å². The Balaban J connectivity index is 1.55. The van der Waals surface area contributed by atoms with Gasteiger partial charge in [-0.05, 0) is 47.7 Å². The van der Waals surface area contributed by atoms with Gasteiger partial charge in [0.15, 0.2) is 0 Å². The first-order chi connectivity index (χ1) is 11.6. The van der Waals surface area contributed by atoms with Crippen LogP contribution in [0.2, 0.25) is 0 Å². The number of rotatable bonds is 2. The maximum Gasteiger partial charge on any atom is 0.255 e. The first-order valence-corrected chi connectivity index (χ1v) is 9.63. The van der Waals surface area contributed by atoms with Gasteiger partial charge < -0.3 is 9.80 Å². The molecule has 0 aliphatic carbocycles. The lowest BCUT2D eigenvalue weighted by Gasteiger charge is -2.34. The van der Waals surface area contributed by atoms with Crippen molar-refractivity contribution < 1.29 is 9.59 Å². The topological polar surface area (TPSA) is 53.5 Å². The third-order valence-corrected chi connectivity index (χ3v) is 5.43. The van der Waals surface area contributed by atoms with Gasteiger partial charge >= 0.3 is 0 Å². The van der Waals surface area contributed by atoms with Crippen molar-refractivity contribution in [3.05, 3.63) is 28.5 Å². The molecular formula is C18H24BrN3O2. The third kappa shape index (κ3) is 4.15. The predicted molar refractivity (Wildman–Crippen MR) is 95.6 cm³/mol. The van der Waals surface area contributed by atoms with Gasteiger partial charge in [-0.3, -0.25) is 14.6 Å². The van der Waals surface area contributed by atoms with Crippen molar-refractivity contribution in [3.8, 4) is 0 Å². The molecule has 2 aliphatic heterocycles. The van der Waals surface area contributed by atoms with E-state index in [9.17, 15) is 9.59 Å². The van der Waals surface area contributed by atoms with Crippen molar-refractivity contribution in [2.75, 3.05) is 26.2 Å². The number of nitrogens with zero attached hydrogens (tertiary/aromatic N) is 3. The largest absolute Gasteiger partial charge is 0.342 e. The molecule has 0 atom stereocenters. The highest BCUT2D eigenvalue weighted by molar-refractivity contribution is 9.10. The molecule has 24 heavy (non-hydrogen) atoms. The zero-order valence-corrected chi connectivity index (χ0v) is 15.5. The summed E-state index contributed by atoms with van der Waals surface area (Å²) in [4.78, 5) is 33.2. The Hall–Kier alpha value is -1.43. The fraction of sp³-hybridized carbons (Fsp3) is 0.611. The van der Waals surface area contributed by atoms with Crippen LogP contribution in [0.5, 0.6) is 0 Å². The minimum absolute atomic E-state index is 0.00414. The van der Waals surface area contributed by atoms with Crippen LogP contribution in [0.1, 0.15) is 48.9 Å². The van der Waals surface area contributed by atoms with E-state index in [2.05, 4.69) is 20.9 Å². The van der Waals surface area contributed by atoms with E-state index in [0.29, 0.717) is 24.6 Å². The number of aromatic nitrogens is 1. The lowest BCUT2D eigenvalue weighted by atomic mass is 9.94. The fourth-order valence-corrected chi connectivity index (χ4v) is 3.96. The Bertz CT molecular complexity index is 592. The molecule has 0 spiro atoms. The van der Waals surface area contributed by atoms with E-state index in [1.54, 1.807) is 18.5 Å². The number of likely N-dealkylation sites (tertiary alicyclic amines) is 2. The summed E-state index contributed by atoms with van der Waals surface area (Å²) >= 11 is 3.35. The van der Waals surface area contributed by atoms with Crippen LogP contribution < -0.4 is 0 Å². The van der Waals surface area contributed by atoms with Crippen LogP contribution in [0.15, 0.2) is 22.9 Å². The Morgan fingerprint density at radius 3 is 2.25 bits per heavy atom. The molecule has 0 unspecified atom stereocenters. The number of pyridine rings is 1. The smallest absolute Gasteiger partial charge is 0.255 e. The third-order valence-electron chi connectivity index (χ3n) is 5.00. The molecule has 5 nitrogen and oxygen atoms in total. The number of hydrogen-bond donors (Lipinski definition) is 0. The molecule has 2 aliphatic rings. The summed E-state index contributed by atoms with van der Waals surface area (Å²) in [6.45, 7) is 3.11. The normalized spacial score (nSPS) is 19.9. The van der Waals surface area contributed by atoms with Crippen molar-refractivity contribution >= 4 is 27.7 Å².